The first kappa shape index (κ1) is 17.4. The quantitative estimate of drug-likeness (QED) is 0.870. The maximum absolute atomic E-state index is 13.2. The molecule has 1 amide bonds. The van der Waals surface area contributed by atoms with Gasteiger partial charge in [-0.25, -0.2) is 4.39 Å². The van der Waals surface area contributed by atoms with E-state index in [1.165, 1.54) is 44.2 Å². The minimum atomic E-state index is -0.875. The van der Waals surface area contributed by atoms with E-state index < -0.39 is 6.10 Å². The Balaban J connectivity index is 1.45. The minimum Gasteiger partial charge on any atom is -0.387 e. The van der Waals surface area contributed by atoms with Crippen LogP contribution >= 0.6 is 0 Å². The Morgan fingerprint density at radius 3 is 2.83 bits per heavy atom. The predicted molar refractivity (Wildman–Crippen MR) is 90.9 cm³/mol. The second-order valence-corrected chi connectivity index (χ2v) is 7.09. The van der Waals surface area contributed by atoms with Gasteiger partial charge in [0.1, 0.15) is 5.82 Å². The molecule has 0 aromatic heterocycles. The van der Waals surface area contributed by atoms with E-state index in [9.17, 15) is 14.3 Å². The van der Waals surface area contributed by atoms with Crippen molar-refractivity contribution < 1.29 is 14.3 Å². The van der Waals surface area contributed by atoms with E-state index >= 15 is 0 Å². The molecule has 1 saturated heterocycles. The number of aliphatic hydroxyl groups excluding tert-OH is 1. The minimum absolute atomic E-state index is 0.00348. The molecule has 1 aliphatic carbocycles. The van der Waals surface area contributed by atoms with E-state index in [0.717, 1.165) is 19.5 Å². The molecular weight excluding hydrogens is 307 g/mol. The van der Waals surface area contributed by atoms with Crippen LogP contribution in [0, 0.1) is 11.7 Å². The summed E-state index contributed by atoms with van der Waals surface area (Å²) in [4.78, 5) is 14.8. The summed E-state index contributed by atoms with van der Waals surface area (Å²) in [7, 11) is 0. The van der Waals surface area contributed by atoms with Crippen molar-refractivity contribution in [1.82, 2.24) is 10.2 Å². The molecule has 3 rings (SSSR count). The first-order chi connectivity index (χ1) is 11.6. The lowest BCUT2D eigenvalue weighted by Crippen LogP contribution is -2.38. The van der Waals surface area contributed by atoms with Gasteiger partial charge in [0.2, 0.25) is 5.91 Å². The summed E-state index contributed by atoms with van der Waals surface area (Å²) in [6.45, 7) is 1.95. The van der Waals surface area contributed by atoms with Crippen LogP contribution in [0.3, 0.4) is 0 Å². The van der Waals surface area contributed by atoms with E-state index in [1.807, 2.05) is 0 Å². The van der Waals surface area contributed by atoms with Crippen LogP contribution in [0.25, 0.3) is 0 Å². The number of likely N-dealkylation sites (tertiary alicyclic amines) is 1. The third-order valence-corrected chi connectivity index (χ3v) is 5.38. The number of benzene rings is 1. The molecule has 2 fully saturated rings. The summed E-state index contributed by atoms with van der Waals surface area (Å²) in [5, 5.41) is 12.9. The Hall–Kier alpha value is -1.46. The molecule has 0 radical (unpaired) electrons. The maximum Gasteiger partial charge on any atom is 0.224 e. The molecule has 2 aliphatic rings. The van der Waals surface area contributed by atoms with Gasteiger partial charge in [0.05, 0.1) is 12.0 Å². The van der Waals surface area contributed by atoms with Crippen LogP contribution in [-0.2, 0) is 4.79 Å². The first-order valence-corrected chi connectivity index (χ1v) is 9.09. The molecule has 4 nitrogen and oxygen atoms in total. The summed E-state index contributed by atoms with van der Waals surface area (Å²) in [5.74, 6) is -0.368. The summed E-state index contributed by atoms with van der Waals surface area (Å²) in [5.41, 5.74) is 0.491. The Morgan fingerprint density at radius 1 is 1.29 bits per heavy atom. The van der Waals surface area contributed by atoms with Crippen molar-refractivity contribution in [3.05, 3.63) is 35.6 Å². The van der Waals surface area contributed by atoms with Crippen molar-refractivity contribution in [2.75, 3.05) is 19.6 Å². The second kappa shape index (κ2) is 8.08. The molecule has 1 aromatic rings. The number of hydrogen-bond acceptors (Lipinski definition) is 3. The summed E-state index contributed by atoms with van der Waals surface area (Å²) in [6.07, 6.45) is 6.47. The molecule has 0 unspecified atom stereocenters. The summed E-state index contributed by atoms with van der Waals surface area (Å²) < 4.78 is 13.2. The Labute approximate surface area is 143 Å². The number of nitrogens with zero attached hydrogens (tertiary/aromatic N) is 1. The maximum atomic E-state index is 13.2. The van der Waals surface area contributed by atoms with Crippen molar-refractivity contribution in [3.63, 3.8) is 0 Å². The van der Waals surface area contributed by atoms with E-state index in [0.29, 0.717) is 11.6 Å². The van der Waals surface area contributed by atoms with E-state index in [4.69, 9.17) is 0 Å². The molecule has 0 bridgehead atoms. The molecule has 24 heavy (non-hydrogen) atoms. The molecule has 0 spiro atoms. The topological polar surface area (TPSA) is 52.6 Å². The zero-order valence-corrected chi connectivity index (χ0v) is 14.1. The fourth-order valence-corrected chi connectivity index (χ4v) is 3.95. The molecule has 5 heteroatoms. The third-order valence-electron chi connectivity index (χ3n) is 5.38. The molecule has 1 heterocycles. The number of nitrogens with one attached hydrogen (secondary N) is 1. The van der Waals surface area contributed by atoms with Crippen LogP contribution in [0.5, 0.6) is 0 Å². The number of rotatable bonds is 5. The Kier molecular flexibility index (Phi) is 5.85. The molecule has 1 aromatic carbocycles. The fraction of sp³-hybridized carbons (Fsp3) is 0.632. The normalized spacial score (nSPS) is 24.0. The number of amides is 1. The standard InChI is InChI=1S/C19H27FN2O2/c20-16-6-4-5-14(11-16)18(23)12-21-19(24)15-9-10-22(13-15)17-7-2-1-3-8-17/h4-6,11,15,17-18,23H,1-3,7-10,12-13H2,(H,21,24)/t15-,18-/m1/s1. The molecular formula is C19H27FN2O2. The Morgan fingerprint density at radius 2 is 2.08 bits per heavy atom. The average molecular weight is 334 g/mol. The zero-order valence-electron chi connectivity index (χ0n) is 14.1. The van der Waals surface area contributed by atoms with Gasteiger partial charge in [0.15, 0.2) is 0 Å². The summed E-state index contributed by atoms with van der Waals surface area (Å²) >= 11 is 0. The third kappa shape index (κ3) is 4.33. The second-order valence-electron chi connectivity index (χ2n) is 7.09. The van der Waals surface area contributed by atoms with Gasteiger partial charge < -0.3 is 10.4 Å². The average Bonchev–Trinajstić information content (AvgIpc) is 3.10. The highest BCUT2D eigenvalue weighted by atomic mass is 19.1. The lowest BCUT2D eigenvalue weighted by atomic mass is 9.94. The fourth-order valence-electron chi connectivity index (χ4n) is 3.95. The Bertz CT molecular complexity index is 560. The van der Waals surface area contributed by atoms with Crippen LogP contribution in [0.4, 0.5) is 4.39 Å². The van der Waals surface area contributed by atoms with Crippen LogP contribution in [0.2, 0.25) is 0 Å². The van der Waals surface area contributed by atoms with Crippen molar-refractivity contribution in [2.24, 2.45) is 5.92 Å². The van der Waals surface area contributed by atoms with Gasteiger partial charge in [-0.3, -0.25) is 9.69 Å². The van der Waals surface area contributed by atoms with Crippen molar-refractivity contribution in [3.8, 4) is 0 Å². The number of halogens is 1. The number of aliphatic hydroxyl groups is 1. The molecule has 2 N–H and O–H groups in total. The predicted octanol–water partition coefficient (Wildman–Crippen LogP) is 2.63. The first-order valence-electron chi connectivity index (χ1n) is 9.09. The van der Waals surface area contributed by atoms with Gasteiger partial charge in [-0.2, -0.15) is 0 Å². The van der Waals surface area contributed by atoms with Crippen molar-refractivity contribution >= 4 is 5.91 Å². The van der Waals surface area contributed by atoms with Crippen LogP contribution in [-0.4, -0.2) is 41.6 Å². The van der Waals surface area contributed by atoms with E-state index in [2.05, 4.69) is 10.2 Å². The highest BCUT2D eigenvalue weighted by molar-refractivity contribution is 5.79. The van der Waals surface area contributed by atoms with Gasteiger partial charge in [0, 0.05) is 19.1 Å². The van der Waals surface area contributed by atoms with Gasteiger partial charge in [-0.15, -0.1) is 0 Å². The van der Waals surface area contributed by atoms with Gasteiger partial charge in [-0.05, 0) is 43.5 Å². The van der Waals surface area contributed by atoms with E-state index in [1.54, 1.807) is 12.1 Å². The monoisotopic (exact) mass is 334 g/mol. The van der Waals surface area contributed by atoms with Gasteiger partial charge >= 0.3 is 0 Å². The van der Waals surface area contributed by atoms with Gasteiger partial charge in [-0.1, -0.05) is 31.4 Å². The highest BCUT2D eigenvalue weighted by Gasteiger charge is 2.32. The SMILES string of the molecule is O=C(NC[C@@H](O)c1cccc(F)c1)[C@@H]1CCN(C2CCCCC2)C1. The van der Waals surface area contributed by atoms with Crippen molar-refractivity contribution in [2.45, 2.75) is 50.7 Å². The van der Waals surface area contributed by atoms with Crippen LogP contribution in [0.1, 0.15) is 50.2 Å². The molecule has 1 saturated carbocycles. The van der Waals surface area contributed by atoms with Crippen molar-refractivity contribution in [1.29, 1.82) is 0 Å². The highest BCUT2D eigenvalue weighted by Crippen LogP contribution is 2.27. The largest absolute Gasteiger partial charge is 0.387 e. The smallest absolute Gasteiger partial charge is 0.224 e. The number of carbonyl (C=O) groups excluding carboxylic acids is 1. The molecule has 2 atom stereocenters. The van der Waals surface area contributed by atoms with E-state index in [-0.39, 0.29) is 24.2 Å². The number of carbonyl (C=O) groups is 1. The lowest BCUT2D eigenvalue weighted by Gasteiger charge is -2.30. The summed E-state index contributed by atoms with van der Waals surface area (Å²) in [6, 6.07) is 6.52. The van der Waals surface area contributed by atoms with Crippen LogP contribution < -0.4 is 5.32 Å². The van der Waals surface area contributed by atoms with Gasteiger partial charge in [0.25, 0.3) is 0 Å². The van der Waals surface area contributed by atoms with Crippen LogP contribution in [0.15, 0.2) is 24.3 Å². The lowest BCUT2D eigenvalue weighted by molar-refractivity contribution is -0.125. The molecule has 1 aliphatic heterocycles. The molecule has 132 valence electrons. The zero-order chi connectivity index (χ0) is 16.9. The number of hydrogen-bond donors (Lipinski definition) is 2.